The Morgan fingerprint density at radius 3 is 1.15 bits per heavy atom. The first-order valence-electron chi connectivity index (χ1n) is 21.4. The molecule has 0 radical (unpaired) electrons. The molecule has 0 heterocycles. The zero-order chi connectivity index (χ0) is 39.3. The highest BCUT2D eigenvalue weighted by Crippen LogP contribution is 2.13. The van der Waals surface area contributed by atoms with Crippen molar-refractivity contribution in [2.75, 3.05) is 13.2 Å². The third kappa shape index (κ3) is 41.3. The Morgan fingerprint density at radius 2 is 0.741 bits per heavy atom. The SMILES string of the molecule is CC/C=C\C/C=C\C/C=C\C/C=C\C/C=C\CCCCCCCCCCCC(=O)OC(CO)COC(=O)CCCC/C=C\C/C=C\C/C=C\C/C=C\CC. The van der Waals surface area contributed by atoms with Crippen LogP contribution in [0.5, 0.6) is 0 Å². The van der Waals surface area contributed by atoms with Crippen LogP contribution in [-0.4, -0.2) is 36.4 Å². The lowest BCUT2D eigenvalue weighted by atomic mass is 10.1. The van der Waals surface area contributed by atoms with Crippen LogP contribution in [0.2, 0.25) is 0 Å². The van der Waals surface area contributed by atoms with Crippen LogP contribution in [0.4, 0.5) is 0 Å². The van der Waals surface area contributed by atoms with E-state index in [4.69, 9.17) is 9.47 Å². The summed E-state index contributed by atoms with van der Waals surface area (Å²) in [5.74, 6) is -0.657. The van der Waals surface area contributed by atoms with Gasteiger partial charge in [0.25, 0.3) is 0 Å². The summed E-state index contributed by atoms with van der Waals surface area (Å²) < 4.78 is 10.6. The maximum Gasteiger partial charge on any atom is 0.306 e. The minimum atomic E-state index is -0.799. The first kappa shape index (κ1) is 50.6. The number of rotatable bonds is 37. The third-order valence-corrected chi connectivity index (χ3v) is 8.56. The maximum absolute atomic E-state index is 12.2. The molecule has 304 valence electrons. The number of aliphatic hydroxyl groups excluding tert-OH is 1. The molecule has 0 spiro atoms. The molecule has 0 bridgehead atoms. The zero-order valence-electron chi connectivity index (χ0n) is 34.4. The summed E-state index contributed by atoms with van der Waals surface area (Å²) in [4.78, 5) is 24.3. The fourth-order valence-corrected chi connectivity index (χ4v) is 5.39. The topological polar surface area (TPSA) is 72.8 Å². The molecule has 0 fully saturated rings. The van der Waals surface area contributed by atoms with E-state index in [0.29, 0.717) is 12.8 Å². The van der Waals surface area contributed by atoms with Gasteiger partial charge >= 0.3 is 11.9 Å². The number of ether oxygens (including phenoxy) is 2. The van der Waals surface area contributed by atoms with E-state index in [9.17, 15) is 14.7 Å². The molecule has 0 aromatic rings. The van der Waals surface area contributed by atoms with E-state index < -0.39 is 6.10 Å². The molecule has 0 aliphatic carbocycles. The fraction of sp³-hybridized carbons (Fsp3) is 0.592. The second kappa shape index (κ2) is 44.0. The summed E-state index contributed by atoms with van der Waals surface area (Å²) in [5, 5.41) is 9.57. The molecule has 1 N–H and O–H groups in total. The second-order valence-electron chi connectivity index (χ2n) is 13.7. The summed E-state index contributed by atoms with van der Waals surface area (Å²) in [5.41, 5.74) is 0. The molecule has 0 aliphatic heterocycles. The minimum Gasteiger partial charge on any atom is -0.462 e. The maximum atomic E-state index is 12.2. The summed E-state index contributed by atoms with van der Waals surface area (Å²) in [7, 11) is 0. The standard InChI is InChI=1S/C49H78O5/c1-3-5-7-9-11-13-15-17-19-20-21-22-23-24-25-26-27-28-30-32-34-36-38-40-42-44-49(52)54-47(45-50)46-53-48(51)43-41-39-37-35-33-31-29-18-16-14-12-10-8-6-4-2/h5-8,11-14,17-19,21-22,24-25,29,33,35,47,50H,3-4,9-10,15-16,20,23,26-28,30-32,34,36-46H2,1-2H3/b7-5-,8-6-,13-11-,14-12-,19-17-,22-21-,25-24-,29-18-,35-33-. The second-order valence-corrected chi connectivity index (χ2v) is 13.7. The van der Waals surface area contributed by atoms with E-state index in [0.717, 1.165) is 103 Å². The van der Waals surface area contributed by atoms with Crippen LogP contribution in [0.3, 0.4) is 0 Å². The predicted octanol–water partition coefficient (Wildman–Crippen LogP) is 13.8. The number of hydrogen-bond acceptors (Lipinski definition) is 5. The lowest BCUT2D eigenvalue weighted by Gasteiger charge is -2.15. The largest absolute Gasteiger partial charge is 0.462 e. The van der Waals surface area contributed by atoms with Crippen molar-refractivity contribution in [3.8, 4) is 0 Å². The Labute approximate surface area is 331 Å². The van der Waals surface area contributed by atoms with Crippen LogP contribution in [0.25, 0.3) is 0 Å². The number of carbonyl (C=O) groups excluding carboxylic acids is 2. The summed E-state index contributed by atoms with van der Waals surface area (Å²) in [6, 6.07) is 0. The van der Waals surface area contributed by atoms with Gasteiger partial charge in [-0.1, -0.05) is 168 Å². The monoisotopic (exact) mass is 747 g/mol. The van der Waals surface area contributed by atoms with Gasteiger partial charge in [-0.25, -0.2) is 0 Å². The van der Waals surface area contributed by atoms with Crippen LogP contribution in [-0.2, 0) is 19.1 Å². The van der Waals surface area contributed by atoms with Crippen molar-refractivity contribution in [2.24, 2.45) is 0 Å². The molecule has 0 saturated heterocycles. The molecule has 0 amide bonds. The number of hydrogen-bond donors (Lipinski definition) is 1. The van der Waals surface area contributed by atoms with Gasteiger partial charge in [-0.05, 0) is 96.3 Å². The quantitative estimate of drug-likeness (QED) is 0.0389. The van der Waals surface area contributed by atoms with E-state index in [-0.39, 0.29) is 25.2 Å². The Kier molecular flexibility index (Phi) is 41.2. The van der Waals surface area contributed by atoms with Crippen LogP contribution in [0.15, 0.2) is 109 Å². The highest BCUT2D eigenvalue weighted by Gasteiger charge is 2.16. The number of carbonyl (C=O) groups is 2. The van der Waals surface area contributed by atoms with Crippen LogP contribution >= 0.6 is 0 Å². The summed E-state index contributed by atoms with van der Waals surface area (Å²) in [6.45, 7) is 3.85. The van der Waals surface area contributed by atoms with Gasteiger partial charge in [-0.15, -0.1) is 0 Å². The lowest BCUT2D eigenvalue weighted by Crippen LogP contribution is -2.28. The van der Waals surface area contributed by atoms with Gasteiger partial charge in [0.2, 0.25) is 0 Å². The first-order chi connectivity index (χ1) is 26.6. The first-order valence-corrected chi connectivity index (χ1v) is 21.4. The lowest BCUT2D eigenvalue weighted by molar-refractivity contribution is -0.161. The molecule has 0 saturated carbocycles. The Hall–Kier alpha value is -3.44. The molecule has 5 nitrogen and oxygen atoms in total. The van der Waals surface area contributed by atoms with Gasteiger partial charge in [-0.2, -0.15) is 0 Å². The van der Waals surface area contributed by atoms with E-state index in [1.54, 1.807) is 0 Å². The van der Waals surface area contributed by atoms with Crippen LogP contribution < -0.4 is 0 Å². The number of allylic oxidation sites excluding steroid dienone is 18. The van der Waals surface area contributed by atoms with Crippen molar-refractivity contribution in [1.29, 1.82) is 0 Å². The van der Waals surface area contributed by atoms with Crippen molar-refractivity contribution in [2.45, 2.75) is 174 Å². The molecule has 0 rings (SSSR count). The Morgan fingerprint density at radius 1 is 0.426 bits per heavy atom. The van der Waals surface area contributed by atoms with Gasteiger partial charge in [0, 0.05) is 12.8 Å². The molecule has 54 heavy (non-hydrogen) atoms. The number of aliphatic hydroxyl groups is 1. The summed E-state index contributed by atoms with van der Waals surface area (Å²) >= 11 is 0. The average molecular weight is 747 g/mol. The summed E-state index contributed by atoms with van der Waals surface area (Å²) in [6.07, 6.45) is 63.0. The number of unbranched alkanes of at least 4 members (excludes halogenated alkanes) is 11. The van der Waals surface area contributed by atoms with E-state index in [1.165, 1.54) is 38.5 Å². The van der Waals surface area contributed by atoms with Gasteiger partial charge in [0.05, 0.1) is 6.61 Å². The molecular weight excluding hydrogens is 669 g/mol. The number of esters is 2. The normalized spacial score (nSPS) is 13.3. The van der Waals surface area contributed by atoms with Gasteiger partial charge in [0.15, 0.2) is 6.10 Å². The van der Waals surface area contributed by atoms with Crippen LogP contribution in [0.1, 0.15) is 168 Å². The Bertz CT molecular complexity index is 1120. The highest BCUT2D eigenvalue weighted by molar-refractivity contribution is 5.70. The molecule has 0 aliphatic rings. The third-order valence-electron chi connectivity index (χ3n) is 8.56. The van der Waals surface area contributed by atoms with Gasteiger partial charge in [-0.3, -0.25) is 9.59 Å². The smallest absolute Gasteiger partial charge is 0.306 e. The average Bonchev–Trinajstić information content (AvgIpc) is 3.17. The highest BCUT2D eigenvalue weighted by atomic mass is 16.6. The van der Waals surface area contributed by atoms with Crippen molar-refractivity contribution in [3.05, 3.63) is 109 Å². The van der Waals surface area contributed by atoms with Crippen molar-refractivity contribution < 1.29 is 24.2 Å². The van der Waals surface area contributed by atoms with Crippen molar-refractivity contribution in [1.82, 2.24) is 0 Å². The van der Waals surface area contributed by atoms with Gasteiger partial charge in [0.1, 0.15) is 6.61 Å². The van der Waals surface area contributed by atoms with Crippen molar-refractivity contribution in [3.63, 3.8) is 0 Å². The van der Waals surface area contributed by atoms with E-state index >= 15 is 0 Å². The van der Waals surface area contributed by atoms with Crippen LogP contribution in [0, 0.1) is 0 Å². The van der Waals surface area contributed by atoms with E-state index in [1.807, 2.05) is 0 Å². The zero-order valence-corrected chi connectivity index (χ0v) is 34.4. The molecular formula is C49H78O5. The molecule has 0 aromatic heterocycles. The Balaban J connectivity index is 3.64. The molecule has 0 aromatic carbocycles. The van der Waals surface area contributed by atoms with E-state index in [2.05, 4.69) is 123 Å². The van der Waals surface area contributed by atoms with Gasteiger partial charge < -0.3 is 14.6 Å². The fourth-order valence-electron chi connectivity index (χ4n) is 5.39. The minimum absolute atomic E-state index is 0.0970. The molecule has 1 atom stereocenters. The molecule has 5 heteroatoms. The van der Waals surface area contributed by atoms with Crippen molar-refractivity contribution >= 4 is 11.9 Å². The predicted molar refractivity (Wildman–Crippen MR) is 232 cm³/mol. The molecule has 1 unspecified atom stereocenters.